The molecule has 3 heteroatoms. The van der Waals surface area contributed by atoms with E-state index in [1.165, 1.54) is 0 Å². The van der Waals surface area contributed by atoms with Gasteiger partial charge < -0.3 is 5.84 Å². The number of nitrogens with zero attached hydrogens (tertiary/aromatic N) is 1. The van der Waals surface area contributed by atoms with Gasteiger partial charge in [0.25, 0.3) is 0 Å². The largest absolute Gasteiger partial charge is 0.323 e. The van der Waals surface area contributed by atoms with Crippen molar-refractivity contribution in [3.63, 3.8) is 0 Å². The Balaban J connectivity index is 2.90. The van der Waals surface area contributed by atoms with Gasteiger partial charge in [0.1, 0.15) is 0 Å². The molecule has 0 fully saturated rings. The maximum atomic E-state index is 5.06. The average Bonchev–Trinajstić information content (AvgIpc) is 2.37. The van der Waals surface area contributed by atoms with Gasteiger partial charge >= 0.3 is 0 Å². The first kappa shape index (κ1) is 6.29. The lowest BCUT2D eigenvalue weighted by Crippen LogP contribution is -1.94. The Bertz CT molecular complexity index is 201. The fourth-order valence-electron chi connectivity index (χ4n) is 0.548. The first-order valence-electron chi connectivity index (χ1n) is 2.63. The zero-order chi connectivity index (χ0) is 6.69. The second-order valence-corrected chi connectivity index (χ2v) is 2.64. The van der Waals surface area contributed by atoms with Gasteiger partial charge in [-0.15, -0.1) is 11.3 Å². The fraction of sp³-hybridized carbons (Fsp3) is 0.167. The van der Waals surface area contributed by atoms with E-state index in [4.69, 9.17) is 5.84 Å². The Labute approximate surface area is 58.0 Å². The third-order valence-corrected chi connectivity index (χ3v) is 2.05. The van der Waals surface area contributed by atoms with Crippen molar-refractivity contribution in [2.24, 2.45) is 10.9 Å². The van der Waals surface area contributed by atoms with E-state index in [-0.39, 0.29) is 0 Å². The van der Waals surface area contributed by atoms with Crippen LogP contribution in [0.2, 0.25) is 0 Å². The molecule has 0 atom stereocenters. The Morgan fingerprint density at radius 1 is 1.78 bits per heavy atom. The Morgan fingerprint density at radius 3 is 3.00 bits per heavy atom. The highest BCUT2D eigenvalue weighted by Crippen LogP contribution is 2.08. The first-order valence-corrected chi connectivity index (χ1v) is 3.51. The summed E-state index contributed by atoms with van der Waals surface area (Å²) in [7, 11) is 0. The summed E-state index contributed by atoms with van der Waals surface area (Å²) in [4.78, 5) is 1.14. The van der Waals surface area contributed by atoms with Gasteiger partial charge in [-0.25, -0.2) is 0 Å². The number of hydrazone groups is 1. The lowest BCUT2D eigenvalue weighted by molar-refractivity contribution is 1.24. The fourth-order valence-corrected chi connectivity index (χ4v) is 1.23. The Hall–Kier alpha value is -0.830. The van der Waals surface area contributed by atoms with Gasteiger partial charge in [-0.2, -0.15) is 5.10 Å². The zero-order valence-corrected chi connectivity index (χ0v) is 5.98. The molecule has 0 bridgehead atoms. The van der Waals surface area contributed by atoms with E-state index < -0.39 is 0 Å². The molecule has 1 aromatic rings. The molecule has 0 spiro atoms. The molecule has 9 heavy (non-hydrogen) atoms. The van der Waals surface area contributed by atoms with Gasteiger partial charge in [-0.3, -0.25) is 0 Å². The molecule has 0 radical (unpaired) electrons. The minimum absolute atomic E-state index is 0.894. The molecular formula is C6H8N2S. The number of rotatable bonds is 1. The molecule has 2 N–H and O–H groups in total. The number of thiophene rings is 1. The van der Waals surface area contributed by atoms with Crippen LogP contribution >= 0.6 is 11.3 Å². The van der Waals surface area contributed by atoms with Gasteiger partial charge in [-0.1, -0.05) is 6.07 Å². The Morgan fingerprint density at radius 2 is 2.56 bits per heavy atom. The SMILES string of the molecule is CC(=NN)c1cccs1. The highest BCUT2D eigenvalue weighted by Gasteiger charge is 1.94. The van der Waals surface area contributed by atoms with E-state index in [1.807, 2.05) is 24.4 Å². The number of nitrogens with two attached hydrogens (primary N) is 1. The summed E-state index contributed by atoms with van der Waals surface area (Å²) in [5, 5.41) is 5.56. The summed E-state index contributed by atoms with van der Waals surface area (Å²) in [6.07, 6.45) is 0. The van der Waals surface area contributed by atoms with Crippen molar-refractivity contribution in [2.75, 3.05) is 0 Å². The van der Waals surface area contributed by atoms with Crippen LogP contribution in [0.25, 0.3) is 0 Å². The summed E-state index contributed by atoms with van der Waals surface area (Å²) < 4.78 is 0. The van der Waals surface area contributed by atoms with Crippen LogP contribution in [0.4, 0.5) is 0 Å². The molecule has 0 saturated carbocycles. The van der Waals surface area contributed by atoms with Crippen molar-refractivity contribution >= 4 is 17.0 Å². The molecule has 1 rings (SSSR count). The molecule has 0 aliphatic carbocycles. The lowest BCUT2D eigenvalue weighted by Gasteiger charge is -1.88. The molecule has 0 aliphatic rings. The van der Waals surface area contributed by atoms with E-state index in [1.54, 1.807) is 11.3 Å². The van der Waals surface area contributed by atoms with Crippen LogP contribution in [-0.4, -0.2) is 5.71 Å². The van der Waals surface area contributed by atoms with Crippen LogP contribution in [0.5, 0.6) is 0 Å². The van der Waals surface area contributed by atoms with E-state index in [0.29, 0.717) is 0 Å². The predicted octanol–water partition coefficient (Wildman–Crippen LogP) is 1.43. The summed E-state index contributed by atoms with van der Waals surface area (Å²) in [6, 6.07) is 3.98. The van der Waals surface area contributed by atoms with Crippen molar-refractivity contribution in [2.45, 2.75) is 6.92 Å². The smallest absolute Gasteiger partial charge is 0.0741 e. The van der Waals surface area contributed by atoms with Gasteiger partial charge in [0.05, 0.1) is 5.71 Å². The Kier molecular flexibility index (Phi) is 1.85. The minimum Gasteiger partial charge on any atom is -0.323 e. The molecular weight excluding hydrogens is 132 g/mol. The van der Waals surface area contributed by atoms with Crippen molar-refractivity contribution in [1.29, 1.82) is 0 Å². The van der Waals surface area contributed by atoms with Crippen LogP contribution < -0.4 is 5.84 Å². The summed E-state index contributed by atoms with van der Waals surface area (Å²) >= 11 is 1.64. The third-order valence-electron chi connectivity index (χ3n) is 1.07. The molecule has 0 amide bonds. The molecule has 0 unspecified atom stereocenters. The average molecular weight is 140 g/mol. The predicted molar refractivity (Wildman–Crippen MR) is 40.7 cm³/mol. The topological polar surface area (TPSA) is 38.4 Å². The highest BCUT2D eigenvalue weighted by molar-refractivity contribution is 7.12. The minimum atomic E-state index is 0.894. The van der Waals surface area contributed by atoms with Crippen molar-refractivity contribution in [3.8, 4) is 0 Å². The van der Waals surface area contributed by atoms with E-state index >= 15 is 0 Å². The first-order chi connectivity index (χ1) is 4.34. The third kappa shape index (κ3) is 1.29. The lowest BCUT2D eigenvalue weighted by atomic mass is 10.3. The summed E-state index contributed by atoms with van der Waals surface area (Å²) in [5.41, 5.74) is 0.894. The molecule has 0 aromatic carbocycles. The molecule has 0 saturated heterocycles. The van der Waals surface area contributed by atoms with Gasteiger partial charge in [0, 0.05) is 4.88 Å². The van der Waals surface area contributed by atoms with Gasteiger partial charge in [-0.05, 0) is 18.4 Å². The van der Waals surface area contributed by atoms with E-state index in [0.717, 1.165) is 10.6 Å². The summed E-state index contributed by atoms with van der Waals surface area (Å²) in [5.74, 6) is 5.06. The van der Waals surface area contributed by atoms with Crippen molar-refractivity contribution in [1.82, 2.24) is 0 Å². The maximum absolute atomic E-state index is 5.06. The van der Waals surface area contributed by atoms with Crippen LogP contribution in [0, 0.1) is 0 Å². The van der Waals surface area contributed by atoms with E-state index in [9.17, 15) is 0 Å². The number of hydrogen-bond donors (Lipinski definition) is 1. The van der Waals surface area contributed by atoms with Crippen LogP contribution in [0.3, 0.4) is 0 Å². The van der Waals surface area contributed by atoms with Crippen molar-refractivity contribution < 1.29 is 0 Å². The van der Waals surface area contributed by atoms with Crippen LogP contribution in [0.1, 0.15) is 11.8 Å². The van der Waals surface area contributed by atoms with Crippen LogP contribution in [-0.2, 0) is 0 Å². The number of hydrogen-bond acceptors (Lipinski definition) is 3. The van der Waals surface area contributed by atoms with Gasteiger partial charge in [0.15, 0.2) is 0 Å². The van der Waals surface area contributed by atoms with Crippen molar-refractivity contribution in [3.05, 3.63) is 22.4 Å². The normalized spacial score (nSPS) is 11.9. The molecule has 1 aromatic heterocycles. The molecule has 48 valence electrons. The monoisotopic (exact) mass is 140 g/mol. The summed E-state index contributed by atoms with van der Waals surface area (Å²) in [6.45, 7) is 1.89. The zero-order valence-electron chi connectivity index (χ0n) is 5.16. The quantitative estimate of drug-likeness (QED) is 0.357. The molecule has 0 aliphatic heterocycles. The highest BCUT2D eigenvalue weighted by atomic mass is 32.1. The molecule has 2 nitrogen and oxygen atoms in total. The molecule has 1 heterocycles. The maximum Gasteiger partial charge on any atom is 0.0741 e. The second kappa shape index (κ2) is 2.64. The van der Waals surface area contributed by atoms with Crippen LogP contribution in [0.15, 0.2) is 22.6 Å². The second-order valence-electron chi connectivity index (χ2n) is 1.69. The van der Waals surface area contributed by atoms with E-state index in [2.05, 4.69) is 5.10 Å². The standard InChI is InChI=1S/C6H8N2S/c1-5(8-7)6-3-2-4-9-6/h2-4H,7H2,1H3. The van der Waals surface area contributed by atoms with Gasteiger partial charge in [0.2, 0.25) is 0 Å².